The van der Waals surface area contributed by atoms with Crippen molar-refractivity contribution in [2.45, 2.75) is 24.9 Å². The van der Waals surface area contributed by atoms with Crippen molar-refractivity contribution in [3.8, 4) is 0 Å². The third-order valence-corrected chi connectivity index (χ3v) is 6.20. The van der Waals surface area contributed by atoms with Crippen molar-refractivity contribution in [3.63, 3.8) is 0 Å². The molecule has 8 nitrogen and oxygen atoms in total. The molecule has 0 saturated carbocycles. The Morgan fingerprint density at radius 1 is 1.17 bits per heavy atom. The van der Waals surface area contributed by atoms with Gasteiger partial charge in [-0.05, 0) is 37.3 Å². The van der Waals surface area contributed by atoms with E-state index in [2.05, 4.69) is 25.2 Å². The number of nitrogens with one attached hydrogen (secondary N) is 2. The molecule has 0 aliphatic rings. The number of carbonyl (C=O) groups is 1. The van der Waals surface area contributed by atoms with E-state index in [-0.39, 0.29) is 28.7 Å². The Balaban J connectivity index is 1.58. The molecule has 29 heavy (non-hydrogen) atoms. The largest absolute Gasteiger partial charge is 0.345 e. The predicted octanol–water partition coefficient (Wildman–Crippen LogP) is 2.44. The predicted molar refractivity (Wildman–Crippen MR) is 105 cm³/mol. The minimum absolute atomic E-state index is 0.0916. The first-order valence-electron chi connectivity index (χ1n) is 8.21. The summed E-state index contributed by atoms with van der Waals surface area (Å²) in [5, 5.41) is 12.8. The molecular weight excluding hydrogens is 441 g/mol. The molecule has 0 aliphatic carbocycles. The first-order valence-corrected chi connectivity index (χ1v) is 11.0. The van der Waals surface area contributed by atoms with Crippen LogP contribution in [0.1, 0.15) is 26.9 Å². The van der Waals surface area contributed by atoms with Crippen LogP contribution in [0.3, 0.4) is 0 Å². The smallest absolute Gasteiger partial charge is 0.272 e. The molecule has 2 aromatic heterocycles. The fraction of sp³-hybridized carbons (Fsp3) is 0.176. The lowest BCUT2D eigenvalue weighted by Gasteiger charge is -2.07. The van der Waals surface area contributed by atoms with Gasteiger partial charge in [0.25, 0.3) is 5.91 Å². The van der Waals surface area contributed by atoms with Crippen LogP contribution in [0.25, 0.3) is 0 Å². The average molecular weight is 456 g/mol. The summed E-state index contributed by atoms with van der Waals surface area (Å²) in [6, 6.07) is 6.01. The van der Waals surface area contributed by atoms with Gasteiger partial charge in [-0.25, -0.2) is 22.5 Å². The molecule has 3 rings (SSSR count). The minimum Gasteiger partial charge on any atom is -0.345 e. The van der Waals surface area contributed by atoms with E-state index in [1.807, 2.05) is 12.3 Å². The van der Waals surface area contributed by atoms with E-state index in [0.717, 1.165) is 28.9 Å². The van der Waals surface area contributed by atoms with Gasteiger partial charge in [0.05, 0.1) is 39.4 Å². The Bertz CT molecular complexity index is 1140. The summed E-state index contributed by atoms with van der Waals surface area (Å²) < 4.78 is 40.0. The van der Waals surface area contributed by atoms with Gasteiger partial charge in [-0.3, -0.25) is 4.79 Å². The highest BCUT2D eigenvalue weighted by Gasteiger charge is 2.16. The summed E-state index contributed by atoms with van der Waals surface area (Å²) in [6.45, 7) is 1.98. The molecule has 0 atom stereocenters. The number of halogens is 2. The van der Waals surface area contributed by atoms with Gasteiger partial charge in [0, 0.05) is 5.38 Å². The number of thiazole rings is 1. The summed E-state index contributed by atoms with van der Waals surface area (Å²) in [4.78, 5) is 16.2. The number of benzene rings is 1. The maximum absolute atomic E-state index is 13.2. The third kappa shape index (κ3) is 5.54. The number of carbonyl (C=O) groups excluding carboxylic acids is 1. The monoisotopic (exact) mass is 455 g/mol. The Kier molecular flexibility index (Phi) is 6.52. The van der Waals surface area contributed by atoms with E-state index in [1.165, 1.54) is 23.5 Å². The molecule has 0 bridgehead atoms. The van der Waals surface area contributed by atoms with E-state index >= 15 is 0 Å². The lowest BCUT2D eigenvalue weighted by molar-refractivity contribution is 0.0944. The van der Waals surface area contributed by atoms with Crippen molar-refractivity contribution >= 4 is 38.9 Å². The second kappa shape index (κ2) is 8.91. The van der Waals surface area contributed by atoms with Gasteiger partial charge in [-0.15, -0.1) is 16.4 Å². The van der Waals surface area contributed by atoms with Crippen LogP contribution in [0.4, 0.5) is 4.39 Å². The molecule has 0 aliphatic heterocycles. The zero-order valence-corrected chi connectivity index (χ0v) is 17.4. The Morgan fingerprint density at radius 2 is 1.97 bits per heavy atom. The van der Waals surface area contributed by atoms with E-state index in [1.54, 1.807) is 0 Å². The van der Waals surface area contributed by atoms with Crippen LogP contribution >= 0.6 is 22.9 Å². The van der Waals surface area contributed by atoms with Gasteiger partial charge in [0.1, 0.15) is 5.82 Å². The molecule has 3 aromatic rings. The van der Waals surface area contributed by atoms with Crippen molar-refractivity contribution in [3.05, 3.63) is 68.6 Å². The molecule has 12 heteroatoms. The molecule has 0 fully saturated rings. The highest BCUT2D eigenvalue weighted by Crippen LogP contribution is 2.19. The normalized spacial score (nSPS) is 11.4. The number of aromatic nitrogens is 3. The Morgan fingerprint density at radius 3 is 2.59 bits per heavy atom. The van der Waals surface area contributed by atoms with Crippen molar-refractivity contribution in [2.75, 3.05) is 0 Å². The van der Waals surface area contributed by atoms with E-state index in [0.29, 0.717) is 5.69 Å². The summed E-state index contributed by atoms with van der Waals surface area (Å²) >= 11 is 7.11. The van der Waals surface area contributed by atoms with E-state index in [9.17, 15) is 17.6 Å². The van der Waals surface area contributed by atoms with E-state index in [4.69, 9.17) is 11.6 Å². The first kappa shape index (κ1) is 21.2. The third-order valence-electron chi connectivity index (χ3n) is 3.69. The number of rotatable bonds is 7. The van der Waals surface area contributed by atoms with Crippen LogP contribution in [0.2, 0.25) is 5.02 Å². The first-order chi connectivity index (χ1) is 13.7. The Hall–Kier alpha value is -2.47. The quantitative estimate of drug-likeness (QED) is 0.565. The van der Waals surface area contributed by atoms with Crippen LogP contribution in [0, 0.1) is 12.7 Å². The summed E-state index contributed by atoms with van der Waals surface area (Å²) in [7, 11) is -3.92. The average Bonchev–Trinajstić information content (AvgIpc) is 3.12. The standard InChI is InChI=1S/C17H15ClFN5O3S2/c1-10-22-12(9-28-10)7-20-17(25)16-5-2-11(23-24-16)8-21-29(26,27)13-3-4-15(19)14(18)6-13/h2-6,9,21H,7-8H2,1H3,(H,20,25). The van der Waals surface area contributed by atoms with Crippen LogP contribution in [-0.2, 0) is 23.1 Å². The van der Waals surface area contributed by atoms with Crippen LogP contribution in [-0.4, -0.2) is 29.5 Å². The van der Waals surface area contributed by atoms with Crippen LogP contribution in [0.15, 0.2) is 40.6 Å². The molecule has 0 radical (unpaired) electrons. The number of nitrogens with zero attached hydrogens (tertiary/aromatic N) is 3. The lowest BCUT2D eigenvalue weighted by atomic mass is 10.3. The second-order valence-corrected chi connectivity index (χ2v) is 9.09. The number of amides is 1. The van der Waals surface area contributed by atoms with Gasteiger partial charge in [-0.2, -0.15) is 5.10 Å². The van der Waals surface area contributed by atoms with Gasteiger partial charge in [0.15, 0.2) is 5.69 Å². The maximum Gasteiger partial charge on any atom is 0.272 e. The molecule has 1 aromatic carbocycles. The lowest BCUT2D eigenvalue weighted by Crippen LogP contribution is -2.26. The maximum atomic E-state index is 13.2. The van der Waals surface area contributed by atoms with Crippen LogP contribution < -0.4 is 10.0 Å². The van der Waals surface area contributed by atoms with Gasteiger partial charge < -0.3 is 5.32 Å². The zero-order chi connectivity index (χ0) is 21.0. The second-order valence-electron chi connectivity index (χ2n) is 5.85. The van der Waals surface area contributed by atoms with Crippen molar-refractivity contribution < 1.29 is 17.6 Å². The molecule has 2 heterocycles. The molecule has 0 saturated heterocycles. The minimum atomic E-state index is -3.92. The SMILES string of the molecule is Cc1nc(CNC(=O)c2ccc(CNS(=O)(=O)c3ccc(F)c(Cl)c3)nn2)cs1. The van der Waals surface area contributed by atoms with Crippen molar-refractivity contribution in [2.24, 2.45) is 0 Å². The summed E-state index contributed by atoms with van der Waals surface area (Å²) in [5.41, 5.74) is 1.14. The van der Waals surface area contributed by atoms with Crippen LogP contribution in [0.5, 0.6) is 0 Å². The molecule has 0 spiro atoms. The number of hydrogen-bond donors (Lipinski definition) is 2. The highest BCUT2D eigenvalue weighted by atomic mass is 35.5. The van der Waals surface area contributed by atoms with Gasteiger partial charge >= 0.3 is 0 Å². The summed E-state index contributed by atoms with van der Waals surface area (Å²) in [6.07, 6.45) is 0. The molecule has 152 valence electrons. The molecule has 0 unspecified atom stereocenters. The molecular formula is C17H15ClFN5O3S2. The van der Waals surface area contributed by atoms with E-state index < -0.39 is 21.7 Å². The van der Waals surface area contributed by atoms with Crippen molar-refractivity contribution in [1.82, 2.24) is 25.2 Å². The number of sulfonamides is 1. The Labute approximate surface area is 175 Å². The summed E-state index contributed by atoms with van der Waals surface area (Å²) in [5.74, 6) is -1.13. The highest BCUT2D eigenvalue weighted by molar-refractivity contribution is 7.89. The fourth-order valence-electron chi connectivity index (χ4n) is 2.22. The van der Waals surface area contributed by atoms with Crippen molar-refractivity contribution in [1.29, 1.82) is 0 Å². The number of hydrogen-bond acceptors (Lipinski definition) is 7. The van der Waals surface area contributed by atoms with Gasteiger partial charge in [0.2, 0.25) is 10.0 Å². The molecule has 2 N–H and O–H groups in total. The van der Waals surface area contributed by atoms with Gasteiger partial charge in [-0.1, -0.05) is 11.6 Å². The molecule has 1 amide bonds. The fourth-order valence-corrected chi connectivity index (χ4v) is 4.10. The topological polar surface area (TPSA) is 114 Å². The zero-order valence-electron chi connectivity index (χ0n) is 15.0. The number of aryl methyl sites for hydroxylation is 1.